The van der Waals surface area contributed by atoms with Gasteiger partial charge in [0.05, 0.1) is 34.6 Å². The van der Waals surface area contributed by atoms with Crippen molar-refractivity contribution in [2.24, 2.45) is 4.99 Å². The van der Waals surface area contributed by atoms with Gasteiger partial charge in [-0.05, 0) is 49.1 Å². The molecule has 0 radical (unpaired) electrons. The first kappa shape index (κ1) is 22.9. The Kier molecular flexibility index (Phi) is 7.05. The maximum atomic E-state index is 12.8. The average molecular weight is 484 g/mol. The number of fused-ring (bicyclic) bond motifs is 1. The highest BCUT2D eigenvalue weighted by Gasteiger charge is 2.37. The van der Waals surface area contributed by atoms with Crippen LogP contribution in [0.15, 0.2) is 76.4 Å². The molecule has 2 heterocycles. The molecule has 0 saturated carbocycles. The van der Waals surface area contributed by atoms with Crippen molar-refractivity contribution < 1.29 is 19.1 Å². The predicted octanol–water partition coefficient (Wildman–Crippen LogP) is 5.13. The first-order valence-electron chi connectivity index (χ1n) is 10.3. The molecule has 33 heavy (non-hydrogen) atoms. The highest BCUT2D eigenvalue weighted by atomic mass is 35.5. The number of benzene rings is 2. The number of allylic oxidation sites excluding steroid dienone is 1. The molecule has 0 aliphatic carbocycles. The van der Waals surface area contributed by atoms with Crippen LogP contribution in [0.25, 0.3) is 0 Å². The summed E-state index contributed by atoms with van der Waals surface area (Å²) >= 11 is 7.58. The molecule has 0 bridgehead atoms. The monoisotopic (exact) mass is 483 g/mol. The number of carbonyl (C=O) groups is 2. The van der Waals surface area contributed by atoms with Crippen molar-refractivity contribution in [3.8, 4) is 5.75 Å². The van der Waals surface area contributed by atoms with Gasteiger partial charge in [-0.1, -0.05) is 47.6 Å². The summed E-state index contributed by atoms with van der Waals surface area (Å²) in [7, 11) is 0. The second-order valence-electron chi connectivity index (χ2n) is 7.22. The van der Waals surface area contributed by atoms with Crippen LogP contribution in [0.4, 0.5) is 5.69 Å². The normalized spacial score (nSPS) is 16.9. The summed E-state index contributed by atoms with van der Waals surface area (Å²) in [6.45, 7) is 3.66. The number of aliphatic imine (C=N–C) groups is 1. The molecule has 1 N–H and O–H groups in total. The van der Waals surface area contributed by atoms with Gasteiger partial charge >= 0.3 is 5.97 Å². The maximum absolute atomic E-state index is 12.8. The van der Waals surface area contributed by atoms with E-state index in [1.807, 2.05) is 41.6 Å². The van der Waals surface area contributed by atoms with E-state index in [-0.39, 0.29) is 19.1 Å². The molecule has 0 spiro atoms. The lowest BCUT2D eigenvalue weighted by molar-refractivity contribution is -0.139. The Bertz CT molecular complexity index is 1180. The molecular weight excluding hydrogens is 462 g/mol. The number of esters is 1. The Balaban J connectivity index is 1.54. The van der Waals surface area contributed by atoms with E-state index in [0.717, 1.165) is 10.7 Å². The van der Waals surface area contributed by atoms with Gasteiger partial charge in [0.25, 0.3) is 5.91 Å². The zero-order valence-corrected chi connectivity index (χ0v) is 19.7. The van der Waals surface area contributed by atoms with E-state index in [2.05, 4.69) is 10.3 Å². The zero-order valence-electron chi connectivity index (χ0n) is 18.1. The fraction of sp³-hybridized carbons (Fsp3) is 0.208. The average Bonchev–Trinajstić information content (AvgIpc) is 3.26. The summed E-state index contributed by atoms with van der Waals surface area (Å²) < 4.78 is 11.0. The van der Waals surface area contributed by atoms with Gasteiger partial charge in [-0.2, -0.15) is 0 Å². The van der Waals surface area contributed by atoms with Crippen molar-refractivity contribution in [3.63, 3.8) is 0 Å². The van der Waals surface area contributed by atoms with E-state index in [1.54, 1.807) is 37.3 Å². The number of rotatable bonds is 7. The number of halogens is 1. The molecule has 1 amide bonds. The molecule has 170 valence electrons. The first-order chi connectivity index (χ1) is 16.0. The van der Waals surface area contributed by atoms with E-state index in [1.165, 1.54) is 11.8 Å². The first-order valence-corrected chi connectivity index (χ1v) is 11.6. The Morgan fingerprint density at radius 3 is 2.82 bits per heavy atom. The van der Waals surface area contributed by atoms with Crippen LogP contribution in [-0.4, -0.2) is 35.2 Å². The molecule has 0 aromatic heterocycles. The summed E-state index contributed by atoms with van der Waals surface area (Å²) in [4.78, 5) is 31.6. The molecule has 0 fully saturated rings. The van der Waals surface area contributed by atoms with Gasteiger partial charge in [0.2, 0.25) is 0 Å². The summed E-state index contributed by atoms with van der Waals surface area (Å²) in [5.74, 6) is -0.233. The minimum atomic E-state index is -0.414. The number of para-hydroxylation sites is 1. The van der Waals surface area contributed by atoms with Crippen LogP contribution >= 0.6 is 23.4 Å². The zero-order chi connectivity index (χ0) is 23.4. The molecule has 9 heteroatoms. The number of amides is 1. The second-order valence-corrected chi connectivity index (χ2v) is 8.50. The molecule has 7 nitrogen and oxygen atoms in total. The standard InChI is InChI=1S/C24H22ClN3O4S/c1-3-31-23(30)21-15(2)26-24-28(11-12-33-24)22(21)16-7-6-8-17(13-16)32-14-20(29)27-19-10-5-4-9-18(19)25/h4-13,22H,3,14H2,1-2H3,(H,27,29)/t22-/m1/s1. The topological polar surface area (TPSA) is 80.2 Å². The van der Waals surface area contributed by atoms with Crippen molar-refractivity contribution >= 4 is 46.1 Å². The largest absolute Gasteiger partial charge is 0.484 e. The number of carbonyl (C=O) groups excluding carboxylic acids is 2. The Labute approximate surface area is 201 Å². The van der Waals surface area contributed by atoms with Crippen LogP contribution in [0.1, 0.15) is 25.5 Å². The number of ether oxygens (including phenoxy) is 2. The number of amidine groups is 1. The van der Waals surface area contributed by atoms with Gasteiger partial charge in [-0.15, -0.1) is 0 Å². The van der Waals surface area contributed by atoms with Crippen molar-refractivity contribution in [3.05, 3.63) is 82.0 Å². The third-order valence-electron chi connectivity index (χ3n) is 5.01. The van der Waals surface area contributed by atoms with Crippen LogP contribution in [0.3, 0.4) is 0 Å². The number of hydrogen-bond acceptors (Lipinski definition) is 7. The highest BCUT2D eigenvalue weighted by Crippen LogP contribution is 2.41. The van der Waals surface area contributed by atoms with Crippen molar-refractivity contribution in [2.45, 2.75) is 19.9 Å². The fourth-order valence-corrected chi connectivity index (χ4v) is 4.54. The summed E-state index contributed by atoms with van der Waals surface area (Å²) in [5, 5.41) is 5.89. The van der Waals surface area contributed by atoms with E-state index in [9.17, 15) is 9.59 Å². The minimum absolute atomic E-state index is 0.189. The number of anilines is 1. The lowest BCUT2D eigenvalue weighted by Crippen LogP contribution is -2.34. The van der Waals surface area contributed by atoms with Gasteiger partial charge < -0.3 is 19.7 Å². The smallest absolute Gasteiger partial charge is 0.338 e. The lowest BCUT2D eigenvalue weighted by atomic mass is 9.94. The summed E-state index contributed by atoms with van der Waals surface area (Å²) in [5.41, 5.74) is 2.43. The quantitative estimate of drug-likeness (QED) is 0.550. The number of nitrogens with zero attached hydrogens (tertiary/aromatic N) is 2. The SMILES string of the molecule is CCOC(=O)C1=C(C)N=C2SC=CN2[C@@H]1c1cccc(OCC(=O)Nc2ccccc2Cl)c1. The van der Waals surface area contributed by atoms with Gasteiger partial charge in [-0.3, -0.25) is 4.79 Å². The van der Waals surface area contributed by atoms with Crippen molar-refractivity contribution in [1.82, 2.24) is 4.90 Å². The van der Waals surface area contributed by atoms with Gasteiger partial charge in [-0.25, -0.2) is 9.79 Å². The molecule has 2 aliphatic heterocycles. The molecule has 2 aromatic rings. The Hall–Kier alpha value is -3.23. The molecule has 1 atom stereocenters. The molecule has 2 aliphatic rings. The second kappa shape index (κ2) is 10.1. The molecule has 0 unspecified atom stereocenters. The van der Waals surface area contributed by atoms with Crippen LogP contribution in [-0.2, 0) is 14.3 Å². The Morgan fingerprint density at radius 1 is 1.21 bits per heavy atom. The van der Waals surface area contributed by atoms with Crippen molar-refractivity contribution in [1.29, 1.82) is 0 Å². The van der Waals surface area contributed by atoms with Gasteiger partial charge in [0, 0.05) is 6.20 Å². The number of thioether (sulfide) groups is 1. The minimum Gasteiger partial charge on any atom is -0.484 e. The molecular formula is C24H22ClN3O4S. The molecule has 2 aromatic carbocycles. The maximum Gasteiger partial charge on any atom is 0.338 e. The van der Waals surface area contributed by atoms with Crippen molar-refractivity contribution in [2.75, 3.05) is 18.5 Å². The van der Waals surface area contributed by atoms with Crippen LogP contribution in [0.2, 0.25) is 5.02 Å². The van der Waals surface area contributed by atoms with Gasteiger partial charge in [0.1, 0.15) is 5.75 Å². The number of nitrogens with one attached hydrogen (secondary N) is 1. The number of hydrogen-bond donors (Lipinski definition) is 1. The predicted molar refractivity (Wildman–Crippen MR) is 130 cm³/mol. The lowest BCUT2D eigenvalue weighted by Gasteiger charge is -2.33. The van der Waals surface area contributed by atoms with E-state index in [0.29, 0.717) is 27.7 Å². The Morgan fingerprint density at radius 2 is 2.03 bits per heavy atom. The van der Waals surface area contributed by atoms with Gasteiger partial charge in [0.15, 0.2) is 11.8 Å². The van der Waals surface area contributed by atoms with E-state index < -0.39 is 12.0 Å². The summed E-state index contributed by atoms with van der Waals surface area (Å²) in [6.07, 6.45) is 1.89. The third-order valence-corrected chi connectivity index (χ3v) is 6.11. The molecule has 0 saturated heterocycles. The third kappa shape index (κ3) is 5.07. The fourth-order valence-electron chi connectivity index (χ4n) is 3.57. The molecule has 4 rings (SSSR count). The van der Waals surface area contributed by atoms with Crippen LogP contribution in [0.5, 0.6) is 5.75 Å². The van der Waals surface area contributed by atoms with Crippen LogP contribution in [0, 0.1) is 0 Å². The van der Waals surface area contributed by atoms with E-state index in [4.69, 9.17) is 21.1 Å². The highest BCUT2D eigenvalue weighted by molar-refractivity contribution is 8.16. The van der Waals surface area contributed by atoms with Crippen LogP contribution < -0.4 is 10.1 Å². The van der Waals surface area contributed by atoms with E-state index >= 15 is 0 Å². The summed E-state index contributed by atoms with van der Waals surface area (Å²) in [6, 6.07) is 13.9.